The zero-order valence-electron chi connectivity index (χ0n) is 9.55. The second-order valence-electron chi connectivity index (χ2n) is 3.70. The topological polar surface area (TPSA) is 48.2 Å². The average Bonchev–Trinajstić information content (AvgIpc) is 2.85. The molecule has 1 aromatic carbocycles. The third kappa shape index (κ3) is 1.62. The van der Waals surface area contributed by atoms with Crippen LogP contribution in [0.25, 0.3) is 22.4 Å². The predicted molar refractivity (Wildman–Crippen MR) is 68.8 cm³/mol. The summed E-state index contributed by atoms with van der Waals surface area (Å²) in [5.41, 5.74) is 1.93. The minimum absolute atomic E-state index is 0.421. The Balaban J connectivity index is 2.25. The molecule has 18 heavy (non-hydrogen) atoms. The minimum Gasteiger partial charge on any atom is -0.495 e. The Morgan fingerprint density at radius 2 is 2.11 bits per heavy atom. The second kappa shape index (κ2) is 4.31. The molecule has 2 heterocycles. The van der Waals surface area contributed by atoms with Crippen LogP contribution in [0.5, 0.6) is 5.75 Å². The first kappa shape index (κ1) is 11.0. The van der Waals surface area contributed by atoms with E-state index in [1.54, 1.807) is 19.4 Å². The summed E-state index contributed by atoms with van der Waals surface area (Å²) < 4.78 is 10.4. The Morgan fingerprint density at radius 3 is 2.83 bits per heavy atom. The summed E-state index contributed by atoms with van der Waals surface area (Å²) in [5.74, 6) is 0.563. The van der Waals surface area contributed by atoms with Gasteiger partial charge in [0.15, 0.2) is 5.58 Å². The second-order valence-corrected chi connectivity index (χ2v) is 4.08. The van der Waals surface area contributed by atoms with Gasteiger partial charge in [-0.3, -0.25) is 4.98 Å². The molecule has 5 heteroatoms. The summed E-state index contributed by atoms with van der Waals surface area (Å²) in [7, 11) is 1.56. The Bertz CT molecular complexity index is 695. The van der Waals surface area contributed by atoms with Gasteiger partial charge in [-0.15, -0.1) is 0 Å². The van der Waals surface area contributed by atoms with Crippen molar-refractivity contribution in [2.45, 2.75) is 0 Å². The third-order valence-corrected chi connectivity index (χ3v) is 3.03. The van der Waals surface area contributed by atoms with Gasteiger partial charge in [0.25, 0.3) is 0 Å². The van der Waals surface area contributed by atoms with Crippen molar-refractivity contribution < 1.29 is 9.26 Å². The van der Waals surface area contributed by atoms with Gasteiger partial charge < -0.3 is 9.26 Å². The minimum atomic E-state index is 0.421. The molecule has 3 aromatic rings. The number of methoxy groups -OCH3 is 1. The number of fused-ring (bicyclic) bond motifs is 1. The molecule has 0 atom stereocenters. The lowest BCUT2D eigenvalue weighted by molar-refractivity contribution is 0.412. The molecule has 90 valence electrons. The Morgan fingerprint density at radius 1 is 1.22 bits per heavy atom. The van der Waals surface area contributed by atoms with E-state index in [1.807, 2.05) is 24.3 Å². The maximum Gasteiger partial charge on any atom is 0.189 e. The van der Waals surface area contributed by atoms with E-state index in [1.165, 1.54) is 0 Å². The SMILES string of the molecule is COc1ccc2c(-c3ccccn3)noc2c1Cl. The molecular formula is C13H9ClN2O2. The highest BCUT2D eigenvalue weighted by Gasteiger charge is 2.16. The lowest BCUT2D eigenvalue weighted by Crippen LogP contribution is -1.85. The van der Waals surface area contributed by atoms with E-state index >= 15 is 0 Å². The summed E-state index contributed by atoms with van der Waals surface area (Å²) in [5, 5.41) is 5.26. The zero-order valence-corrected chi connectivity index (χ0v) is 10.3. The molecule has 2 aromatic heterocycles. The van der Waals surface area contributed by atoms with Crippen LogP contribution < -0.4 is 4.74 Å². The van der Waals surface area contributed by atoms with Crippen molar-refractivity contribution in [2.24, 2.45) is 0 Å². The number of hydrogen-bond acceptors (Lipinski definition) is 4. The van der Waals surface area contributed by atoms with Crippen molar-refractivity contribution in [2.75, 3.05) is 7.11 Å². The molecule has 0 aliphatic carbocycles. The van der Waals surface area contributed by atoms with E-state index in [9.17, 15) is 0 Å². The number of hydrogen-bond donors (Lipinski definition) is 0. The number of nitrogens with zero attached hydrogens (tertiary/aromatic N) is 2. The molecule has 0 bridgehead atoms. The van der Waals surface area contributed by atoms with Gasteiger partial charge in [-0.2, -0.15) is 0 Å². The number of ether oxygens (including phenoxy) is 1. The molecule has 0 fully saturated rings. The summed E-state index contributed by atoms with van der Waals surface area (Å²) in [6.07, 6.45) is 1.71. The van der Waals surface area contributed by atoms with Crippen LogP contribution in [0.15, 0.2) is 41.1 Å². The summed E-state index contributed by atoms with van der Waals surface area (Å²) >= 11 is 6.16. The molecule has 0 saturated carbocycles. The van der Waals surface area contributed by atoms with Crippen LogP contribution in [0.4, 0.5) is 0 Å². The van der Waals surface area contributed by atoms with Crippen molar-refractivity contribution in [1.82, 2.24) is 10.1 Å². The molecular weight excluding hydrogens is 252 g/mol. The molecule has 0 aliphatic rings. The van der Waals surface area contributed by atoms with Crippen molar-refractivity contribution in [1.29, 1.82) is 0 Å². The largest absolute Gasteiger partial charge is 0.495 e. The highest BCUT2D eigenvalue weighted by molar-refractivity contribution is 6.36. The van der Waals surface area contributed by atoms with Crippen molar-refractivity contribution in [3.63, 3.8) is 0 Å². The van der Waals surface area contributed by atoms with Gasteiger partial charge in [0.2, 0.25) is 0 Å². The van der Waals surface area contributed by atoms with Gasteiger partial charge in [0.05, 0.1) is 18.2 Å². The first-order valence-electron chi connectivity index (χ1n) is 5.34. The van der Waals surface area contributed by atoms with Gasteiger partial charge in [0.1, 0.15) is 16.5 Å². The highest BCUT2D eigenvalue weighted by Crippen LogP contribution is 2.36. The maximum atomic E-state index is 6.16. The van der Waals surface area contributed by atoms with Crippen LogP contribution in [0.1, 0.15) is 0 Å². The van der Waals surface area contributed by atoms with Crippen LogP contribution in [-0.2, 0) is 0 Å². The number of pyridine rings is 1. The molecule has 0 spiro atoms. The molecule has 0 amide bonds. The van der Waals surface area contributed by atoms with Gasteiger partial charge in [0, 0.05) is 6.20 Å². The van der Waals surface area contributed by atoms with E-state index in [2.05, 4.69) is 10.1 Å². The van der Waals surface area contributed by atoms with Crippen molar-refractivity contribution in [3.05, 3.63) is 41.6 Å². The lowest BCUT2D eigenvalue weighted by atomic mass is 10.1. The van der Waals surface area contributed by atoms with Crippen LogP contribution in [0.3, 0.4) is 0 Å². The number of halogens is 1. The van der Waals surface area contributed by atoms with E-state index in [0.717, 1.165) is 11.1 Å². The molecule has 0 unspecified atom stereocenters. The molecule has 0 saturated heterocycles. The molecule has 0 radical (unpaired) electrons. The fourth-order valence-electron chi connectivity index (χ4n) is 1.80. The molecule has 0 aliphatic heterocycles. The van der Waals surface area contributed by atoms with Crippen molar-refractivity contribution >= 4 is 22.6 Å². The summed E-state index contributed by atoms with van der Waals surface area (Å²) in [6.45, 7) is 0. The Hall–Kier alpha value is -2.07. The number of rotatable bonds is 2. The molecule has 4 nitrogen and oxygen atoms in total. The smallest absolute Gasteiger partial charge is 0.189 e. The van der Waals surface area contributed by atoms with Crippen LogP contribution in [0.2, 0.25) is 5.02 Å². The fourth-order valence-corrected chi connectivity index (χ4v) is 2.08. The number of benzene rings is 1. The Labute approximate surface area is 108 Å². The van der Waals surface area contributed by atoms with Gasteiger partial charge in [-0.1, -0.05) is 22.8 Å². The molecule has 0 N–H and O–H groups in total. The predicted octanol–water partition coefficient (Wildman–Crippen LogP) is 3.55. The van der Waals surface area contributed by atoms with Crippen LogP contribution >= 0.6 is 11.6 Å². The first-order chi connectivity index (χ1) is 8.81. The van der Waals surface area contributed by atoms with Crippen LogP contribution in [0, 0.1) is 0 Å². The van der Waals surface area contributed by atoms with Crippen molar-refractivity contribution in [3.8, 4) is 17.1 Å². The van der Waals surface area contributed by atoms with E-state index in [4.69, 9.17) is 20.9 Å². The lowest BCUT2D eigenvalue weighted by Gasteiger charge is -2.01. The van der Waals surface area contributed by atoms with Crippen LogP contribution in [-0.4, -0.2) is 17.3 Å². The molecule has 3 rings (SSSR count). The summed E-state index contributed by atoms with van der Waals surface area (Å²) in [6, 6.07) is 9.26. The Kier molecular flexibility index (Phi) is 2.64. The quantitative estimate of drug-likeness (QED) is 0.707. The third-order valence-electron chi connectivity index (χ3n) is 2.67. The highest BCUT2D eigenvalue weighted by atomic mass is 35.5. The maximum absolute atomic E-state index is 6.16. The first-order valence-corrected chi connectivity index (χ1v) is 5.72. The van der Waals surface area contributed by atoms with Gasteiger partial charge >= 0.3 is 0 Å². The average molecular weight is 261 g/mol. The zero-order chi connectivity index (χ0) is 12.5. The normalized spacial score (nSPS) is 10.8. The van der Waals surface area contributed by atoms with E-state index in [0.29, 0.717) is 22.0 Å². The summed E-state index contributed by atoms with van der Waals surface area (Å²) in [4.78, 5) is 4.25. The monoisotopic (exact) mass is 260 g/mol. The van der Waals surface area contributed by atoms with E-state index in [-0.39, 0.29) is 0 Å². The van der Waals surface area contributed by atoms with Gasteiger partial charge in [-0.25, -0.2) is 0 Å². The van der Waals surface area contributed by atoms with Gasteiger partial charge in [-0.05, 0) is 24.3 Å². The fraction of sp³-hybridized carbons (Fsp3) is 0.0769. The van der Waals surface area contributed by atoms with E-state index < -0.39 is 0 Å². The number of aromatic nitrogens is 2. The standard InChI is InChI=1S/C13H9ClN2O2/c1-17-10-6-5-8-12(9-4-2-3-7-15-9)16-18-13(8)11(10)14/h2-7H,1H3.